The molecule has 0 bridgehead atoms. The van der Waals surface area contributed by atoms with Crippen molar-refractivity contribution in [1.82, 2.24) is 10.2 Å². The van der Waals surface area contributed by atoms with Gasteiger partial charge in [-0.2, -0.15) is 10.2 Å². The number of methoxy groups -OCH3 is 2. The molecular formula is C26H22ClN3O3. The first-order valence-electron chi connectivity index (χ1n) is 10.5. The number of rotatable bonds is 6. The van der Waals surface area contributed by atoms with E-state index in [9.17, 15) is 0 Å². The zero-order valence-electron chi connectivity index (χ0n) is 18.5. The molecule has 0 radical (unpaired) electrons. The van der Waals surface area contributed by atoms with Gasteiger partial charge in [0.15, 0.2) is 0 Å². The Balaban J connectivity index is 1.49. The highest BCUT2D eigenvalue weighted by molar-refractivity contribution is 6.33. The molecule has 0 saturated heterocycles. The molecule has 0 aliphatic rings. The summed E-state index contributed by atoms with van der Waals surface area (Å²) in [5.74, 6) is 1.51. The summed E-state index contributed by atoms with van der Waals surface area (Å²) >= 11 is 6.49. The number of ether oxygens (including phenoxy) is 2. The van der Waals surface area contributed by atoms with Crippen LogP contribution in [0.1, 0.15) is 11.1 Å². The minimum absolute atomic E-state index is 0.566. The van der Waals surface area contributed by atoms with Crippen molar-refractivity contribution in [3.05, 3.63) is 77.1 Å². The third-order valence-electron chi connectivity index (χ3n) is 5.86. The van der Waals surface area contributed by atoms with E-state index in [1.807, 2.05) is 55.5 Å². The summed E-state index contributed by atoms with van der Waals surface area (Å²) in [4.78, 5) is 0. The zero-order chi connectivity index (χ0) is 22.9. The van der Waals surface area contributed by atoms with E-state index in [1.54, 1.807) is 26.7 Å². The van der Waals surface area contributed by atoms with Crippen molar-refractivity contribution in [2.75, 3.05) is 19.5 Å². The van der Waals surface area contributed by atoms with Crippen LogP contribution >= 0.6 is 11.6 Å². The van der Waals surface area contributed by atoms with E-state index in [0.717, 1.165) is 61.3 Å². The smallest absolute Gasteiger partial charge is 0.142 e. The lowest BCUT2D eigenvalue weighted by molar-refractivity contribution is 0.391. The summed E-state index contributed by atoms with van der Waals surface area (Å²) in [5.41, 5.74) is 6.37. The second-order valence-corrected chi connectivity index (χ2v) is 8.12. The maximum absolute atomic E-state index is 6.49. The van der Waals surface area contributed by atoms with Gasteiger partial charge in [0.25, 0.3) is 0 Å². The van der Waals surface area contributed by atoms with Gasteiger partial charge in [-0.25, -0.2) is 0 Å². The molecule has 5 rings (SSSR count). The van der Waals surface area contributed by atoms with Crippen molar-refractivity contribution in [3.63, 3.8) is 0 Å². The van der Waals surface area contributed by atoms with Gasteiger partial charge in [0.2, 0.25) is 0 Å². The van der Waals surface area contributed by atoms with E-state index < -0.39 is 0 Å². The van der Waals surface area contributed by atoms with Crippen LogP contribution in [0.2, 0.25) is 5.02 Å². The Bertz CT molecular complexity index is 1480. The number of nitrogens with zero attached hydrogens (tertiary/aromatic N) is 2. The van der Waals surface area contributed by atoms with E-state index >= 15 is 0 Å². The van der Waals surface area contributed by atoms with Crippen LogP contribution < -0.4 is 14.8 Å². The minimum atomic E-state index is 0.566. The molecule has 1 N–H and O–H groups in total. The van der Waals surface area contributed by atoms with Gasteiger partial charge in [0.05, 0.1) is 37.9 Å². The molecule has 0 saturated carbocycles. The van der Waals surface area contributed by atoms with Gasteiger partial charge in [-0.3, -0.25) is 0 Å². The quantitative estimate of drug-likeness (QED) is 0.307. The predicted molar refractivity (Wildman–Crippen MR) is 131 cm³/mol. The largest absolute Gasteiger partial charge is 0.497 e. The maximum atomic E-state index is 6.49. The van der Waals surface area contributed by atoms with E-state index in [0.29, 0.717) is 11.6 Å². The Kier molecular flexibility index (Phi) is 5.52. The van der Waals surface area contributed by atoms with Crippen LogP contribution in [0.25, 0.3) is 33.0 Å². The van der Waals surface area contributed by atoms with Gasteiger partial charge in [-0.15, -0.1) is 0 Å². The molecule has 0 aliphatic carbocycles. The number of anilines is 1. The highest BCUT2D eigenvalue weighted by Crippen LogP contribution is 2.37. The van der Waals surface area contributed by atoms with Gasteiger partial charge < -0.3 is 19.2 Å². The van der Waals surface area contributed by atoms with Crippen LogP contribution in [-0.2, 0) is 6.54 Å². The summed E-state index contributed by atoms with van der Waals surface area (Å²) in [6.45, 7) is 2.56. The second-order valence-electron chi connectivity index (χ2n) is 7.72. The third kappa shape index (κ3) is 3.83. The lowest BCUT2D eigenvalue weighted by Gasteiger charge is -2.13. The summed E-state index contributed by atoms with van der Waals surface area (Å²) in [5, 5.41) is 14.7. The Hall–Kier alpha value is -3.77. The molecule has 0 aliphatic heterocycles. The number of nitrogens with one attached hydrogen (secondary N) is 1. The Morgan fingerprint density at radius 1 is 1.00 bits per heavy atom. The Morgan fingerprint density at radius 3 is 2.70 bits per heavy atom. The van der Waals surface area contributed by atoms with Crippen molar-refractivity contribution in [1.29, 1.82) is 0 Å². The van der Waals surface area contributed by atoms with Crippen molar-refractivity contribution >= 4 is 39.2 Å². The number of benzene rings is 3. The molecule has 6 nitrogen and oxygen atoms in total. The molecule has 5 aromatic rings. The number of hydrogen-bond acceptors (Lipinski definition) is 6. The number of aromatic nitrogens is 2. The topological polar surface area (TPSA) is 69.4 Å². The summed E-state index contributed by atoms with van der Waals surface area (Å²) in [6.07, 6.45) is 3.42. The first kappa shape index (κ1) is 21.1. The van der Waals surface area contributed by atoms with Crippen molar-refractivity contribution in [2.45, 2.75) is 13.5 Å². The summed E-state index contributed by atoms with van der Waals surface area (Å²) in [7, 11) is 3.29. The third-order valence-corrected chi connectivity index (χ3v) is 6.25. The SMILES string of the molecule is COc1ccc(CNc2cnnc3cc(-c4cc(Cl)c(C)c5ccoc45)ccc23)c(OC)c1. The maximum Gasteiger partial charge on any atom is 0.142 e. The fourth-order valence-corrected chi connectivity index (χ4v) is 4.22. The second kappa shape index (κ2) is 8.64. The first-order valence-corrected chi connectivity index (χ1v) is 10.8. The number of furan rings is 1. The van der Waals surface area contributed by atoms with Crippen LogP contribution in [0.4, 0.5) is 5.69 Å². The monoisotopic (exact) mass is 459 g/mol. The van der Waals surface area contributed by atoms with Gasteiger partial charge >= 0.3 is 0 Å². The average Bonchev–Trinajstić information content (AvgIpc) is 3.34. The Morgan fingerprint density at radius 2 is 1.88 bits per heavy atom. The zero-order valence-corrected chi connectivity index (χ0v) is 19.2. The molecule has 0 amide bonds. The molecule has 166 valence electrons. The predicted octanol–water partition coefficient (Wildman–Crippen LogP) is 6.63. The fourth-order valence-electron chi connectivity index (χ4n) is 4.01. The molecule has 2 heterocycles. The lowest BCUT2D eigenvalue weighted by Crippen LogP contribution is -2.03. The van der Waals surface area contributed by atoms with Gasteiger partial charge in [0, 0.05) is 39.5 Å². The number of hydrogen-bond donors (Lipinski definition) is 1. The highest BCUT2D eigenvalue weighted by atomic mass is 35.5. The standard InChI is InChI=1S/C26H22ClN3O3/c1-15-19-8-9-33-26(19)21(12-22(15)27)16-5-7-20-23(10-16)30-29-14-24(20)28-13-17-4-6-18(31-2)11-25(17)32-3/h4-12,14H,13H2,1-3H3,(H,28,30). The average molecular weight is 460 g/mol. The van der Waals surface area contributed by atoms with Gasteiger partial charge in [-0.1, -0.05) is 17.7 Å². The highest BCUT2D eigenvalue weighted by Gasteiger charge is 2.14. The molecule has 3 aromatic carbocycles. The molecule has 0 spiro atoms. The number of aryl methyl sites for hydroxylation is 1. The molecule has 0 unspecified atom stereocenters. The van der Waals surface area contributed by atoms with E-state index in [-0.39, 0.29) is 0 Å². The Labute approximate surface area is 196 Å². The van der Waals surface area contributed by atoms with Crippen LogP contribution in [0.15, 0.2) is 65.4 Å². The molecular weight excluding hydrogens is 438 g/mol. The van der Waals surface area contributed by atoms with E-state index in [2.05, 4.69) is 15.5 Å². The normalized spacial score (nSPS) is 11.2. The number of halogens is 1. The number of fused-ring (bicyclic) bond motifs is 2. The van der Waals surface area contributed by atoms with Crippen LogP contribution in [0, 0.1) is 6.92 Å². The molecule has 2 aromatic heterocycles. The van der Waals surface area contributed by atoms with Gasteiger partial charge in [-0.05, 0) is 54.4 Å². The molecule has 33 heavy (non-hydrogen) atoms. The molecule has 0 fully saturated rings. The van der Waals surface area contributed by atoms with Crippen molar-refractivity contribution < 1.29 is 13.9 Å². The van der Waals surface area contributed by atoms with Crippen molar-refractivity contribution in [2.24, 2.45) is 0 Å². The minimum Gasteiger partial charge on any atom is -0.497 e. The summed E-state index contributed by atoms with van der Waals surface area (Å²) < 4.78 is 16.6. The van der Waals surface area contributed by atoms with Crippen LogP contribution in [0.5, 0.6) is 11.5 Å². The van der Waals surface area contributed by atoms with Crippen LogP contribution in [0.3, 0.4) is 0 Å². The van der Waals surface area contributed by atoms with Crippen molar-refractivity contribution in [3.8, 4) is 22.6 Å². The van der Waals surface area contributed by atoms with E-state index in [4.69, 9.17) is 25.5 Å². The summed E-state index contributed by atoms with van der Waals surface area (Å²) in [6, 6.07) is 15.7. The first-order chi connectivity index (χ1) is 16.1. The lowest BCUT2D eigenvalue weighted by atomic mass is 9.99. The van der Waals surface area contributed by atoms with Gasteiger partial charge in [0.1, 0.15) is 17.1 Å². The fraction of sp³-hybridized carbons (Fsp3) is 0.154. The van der Waals surface area contributed by atoms with Crippen LogP contribution in [-0.4, -0.2) is 24.4 Å². The molecule has 7 heteroatoms. The van der Waals surface area contributed by atoms with E-state index in [1.165, 1.54) is 0 Å². The molecule has 0 atom stereocenters.